The van der Waals surface area contributed by atoms with Gasteiger partial charge < -0.3 is 10.2 Å². The molecule has 8 heteroatoms. The van der Waals surface area contributed by atoms with Gasteiger partial charge in [-0.15, -0.1) is 11.3 Å². The fourth-order valence-electron chi connectivity index (χ4n) is 2.85. The second-order valence-electron chi connectivity index (χ2n) is 6.44. The van der Waals surface area contributed by atoms with E-state index in [1.165, 1.54) is 17.4 Å². The number of hydrogen-bond acceptors (Lipinski definition) is 6. The van der Waals surface area contributed by atoms with Crippen LogP contribution in [0.5, 0.6) is 0 Å². The maximum Gasteiger partial charge on any atom is 0.274 e. The molecule has 148 valence electrons. The van der Waals surface area contributed by atoms with Gasteiger partial charge in [-0.25, -0.2) is 14.4 Å². The zero-order valence-corrected chi connectivity index (χ0v) is 17.3. The van der Waals surface area contributed by atoms with Crippen molar-refractivity contribution in [2.75, 3.05) is 18.4 Å². The van der Waals surface area contributed by atoms with E-state index in [1.54, 1.807) is 11.1 Å². The van der Waals surface area contributed by atoms with Crippen LogP contribution in [0.3, 0.4) is 0 Å². The van der Waals surface area contributed by atoms with Crippen molar-refractivity contribution in [3.63, 3.8) is 0 Å². The highest BCUT2D eigenvalue weighted by molar-refractivity contribution is 7.17. The predicted octanol–water partition coefficient (Wildman–Crippen LogP) is 4.58. The number of nitrogens with one attached hydrogen (secondary N) is 1. The first-order chi connectivity index (χ1) is 13.5. The molecule has 28 heavy (non-hydrogen) atoms. The topological polar surface area (TPSA) is 71.0 Å². The summed E-state index contributed by atoms with van der Waals surface area (Å²) in [4.78, 5) is 27.5. The third-order valence-electron chi connectivity index (χ3n) is 4.51. The van der Waals surface area contributed by atoms with E-state index in [0.29, 0.717) is 17.2 Å². The number of amides is 1. The Labute approximate surface area is 167 Å². The average molecular weight is 402 g/mol. The normalized spacial score (nSPS) is 14.1. The molecule has 1 aliphatic rings. The fraction of sp³-hybridized carbons (Fsp3) is 0.400. The molecule has 4 heterocycles. The molecule has 1 aliphatic heterocycles. The summed E-state index contributed by atoms with van der Waals surface area (Å²) in [7, 11) is 0. The number of likely N-dealkylation sites (tertiary alicyclic amines) is 1. The molecule has 3 aromatic rings. The number of rotatable bonds is 4. The first kappa shape index (κ1) is 20.1. The van der Waals surface area contributed by atoms with Crippen LogP contribution in [0.1, 0.15) is 54.8 Å². The van der Waals surface area contributed by atoms with E-state index in [1.807, 2.05) is 33.1 Å². The standard InChI is InChI=1S/C18H18FN5OS.C2H6/c1-10-9-26-16-14(10)22-18(23-15(16)17(25)24-4-3-5-24)21-11(2)12-6-13(19)8-20-7-12;1-2/h6-9,11H,3-5H2,1-2H3,(H,21,22,23);1-2H3. The predicted molar refractivity (Wildman–Crippen MR) is 110 cm³/mol. The molecule has 0 bridgehead atoms. The van der Waals surface area contributed by atoms with Gasteiger partial charge in [0.1, 0.15) is 5.82 Å². The maximum absolute atomic E-state index is 13.4. The van der Waals surface area contributed by atoms with Crippen LogP contribution in [0, 0.1) is 12.7 Å². The van der Waals surface area contributed by atoms with Crippen LogP contribution in [0.2, 0.25) is 0 Å². The van der Waals surface area contributed by atoms with Crippen LogP contribution in [0.4, 0.5) is 10.3 Å². The number of carbonyl (C=O) groups excluding carboxylic acids is 1. The van der Waals surface area contributed by atoms with Crippen molar-refractivity contribution < 1.29 is 9.18 Å². The monoisotopic (exact) mass is 401 g/mol. The molecule has 0 aliphatic carbocycles. The summed E-state index contributed by atoms with van der Waals surface area (Å²) >= 11 is 1.49. The number of halogens is 1. The van der Waals surface area contributed by atoms with Gasteiger partial charge in [0.15, 0.2) is 5.69 Å². The van der Waals surface area contributed by atoms with Crippen molar-refractivity contribution in [2.45, 2.75) is 40.2 Å². The summed E-state index contributed by atoms with van der Waals surface area (Å²) in [5.41, 5.74) is 2.90. The van der Waals surface area contributed by atoms with Gasteiger partial charge in [-0.1, -0.05) is 13.8 Å². The maximum atomic E-state index is 13.4. The third-order valence-corrected chi connectivity index (χ3v) is 5.60. The number of nitrogens with zero attached hydrogens (tertiary/aromatic N) is 4. The van der Waals surface area contributed by atoms with E-state index >= 15 is 0 Å². The van der Waals surface area contributed by atoms with Gasteiger partial charge in [-0.3, -0.25) is 9.78 Å². The molecule has 0 saturated carbocycles. The lowest BCUT2D eigenvalue weighted by atomic mass is 10.1. The largest absolute Gasteiger partial charge is 0.348 e. The molecule has 1 amide bonds. The number of hydrogen-bond donors (Lipinski definition) is 1. The molecule has 3 aromatic heterocycles. The molecule has 1 saturated heterocycles. The minimum atomic E-state index is -0.394. The molecule has 1 atom stereocenters. The first-order valence-corrected chi connectivity index (χ1v) is 10.3. The van der Waals surface area contributed by atoms with Crippen molar-refractivity contribution in [1.82, 2.24) is 19.9 Å². The minimum absolute atomic E-state index is 0.0615. The Kier molecular flexibility index (Phi) is 6.18. The number of aryl methyl sites for hydroxylation is 1. The van der Waals surface area contributed by atoms with E-state index in [0.717, 1.165) is 41.5 Å². The van der Waals surface area contributed by atoms with Gasteiger partial charge in [0, 0.05) is 19.3 Å². The molecule has 4 rings (SSSR count). The lowest BCUT2D eigenvalue weighted by Crippen LogP contribution is -2.42. The Bertz CT molecular complexity index is 986. The van der Waals surface area contributed by atoms with Crippen molar-refractivity contribution in [3.8, 4) is 0 Å². The van der Waals surface area contributed by atoms with E-state index in [9.17, 15) is 9.18 Å². The molecule has 0 radical (unpaired) electrons. The third kappa shape index (κ3) is 3.96. The summed E-state index contributed by atoms with van der Waals surface area (Å²) in [5.74, 6) is -0.0943. The molecular formula is C20H24FN5OS. The van der Waals surface area contributed by atoms with Gasteiger partial charge >= 0.3 is 0 Å². The molecule has 1 fully saturated rings. The quantitative estimate of drug-likeness (QED) is 0.693. The van der Waals surface area contributed by atoms with Crippen molar-refractivity contribution in [1.29, 1.82) is 0 Å². The Morgan fingerprint density at radius 2 is 2.04 bits per heavy atom. The van der Waals surface area contributed by atoms with Gasteiger partial charge in [0.05, 0.1) is 22.5 Å². The minimum Gasteiger partial charge on any atom is -0.348 e. The van der Waals surface area contributed by atoms with Crippen LogP contribution >= 0.6 is 11.3 Å². The van der Waals surface area contributed by atoms with Crippen LogP contribution in [0.25, 0.3) is 10.2 Å². The number of anilines is 1. The number of fused-ring (bicyclic) bond motifs is 1. The van der Waals surface area contributed by atoms with Crippen LogP contribution in [-0.2, 0) is 0 Å². The zero-order chi connectivity index (χ0) is 20.3. The highest BCUT2D eigenvalue weighted by Gasteiger charge is 2.26. The molecule has 0 aromatic carbocycles. The highest BCUT2D eigenvalue weighted by Crippen LogP contribution is 2.30. The van der Waals surface area contributed by atoms with E-state index in [2.05, 4.69) is 20.3 Å². The highest BCUT2D eigenvalue weighted by atomic mass is 32.1. The van der Waals surface area contributed by atoms with Gasteiger partial charge in [0.2, 0.25) is 5.95 Å². The smallest absolute Gasteiger partial charge is 0.274 e. The number of pyridine rings is 1. The van der Waals surface area contributed by atoms with Crippen LogP contribution in [-0.4, -0.2) is 38.8 Å². The van der Waals surface area contributed by atoms with Crippen LogP contribution < -0.4 is 5.32 Å². The number of aromatic nitrogens is 3. The SMILES string of the molecule is CC.Cc1csc2c(C(=O)N3CCC3)nc(NC(C)c3cncc(F)c3)nc12. The van der Waals surface area contributed by atoms with Crippen molar-refractivity contribution in [2.24, 2.45) is 0 Å². The Morgan fingerprint density at radius 3 is 2.68 bits per heavy atom. The summed E-state index contributed by atoms with van der Waals surface area (Å²) < 4.78 is 14.2. The summed E-state index contributed by atoms with van der Waals surface area (Å²) in [5, 5.41) is 5.15. The van der Waals surface area contributed by atoms with Crippen molar-refractivity contribution in [3.05, 3.63) is 46.5 Å². The van der Waals surface area contributed by atoms with E-state index < -0.39 is 5.82 Å². The summed E-state index contributed by atoms with van der Waals surface area (Å²) in [6, 6.07) is 1.17. The average Bonchev–Trinajstić information content (AvgIpc) is 3.02. The van der Waals surface area contributed by atoms with Gasteiger partial charge in [0.25, 0.3) is 5.91 Å². The number of carbonyl (C=O) groups is 1. The van der Waals surface area contributed by atoms with Crippen LogP contribution in [0.15, 0.2) is 23.8 Å². The molecule has 1 N–H and O–H groups in total. The lowest BCUT2D eigenvalue weighted by Gasteiger charge is -2.30. The van der Waals surface area contributed by atoms with E-state index in [4.69, 9.17) is 0 Å². The summed E-state index contributed by atoms with van der Waals surface area (Å²) in [6.45, 7) is 9.38. The molecule has 6 nitrogen and oxygen atoms in total. The second-order valence-corrected chi connectivity index (χ2v) is 7.32. The van der Waals surface area contributed by atoms with E-state index in [-0.39, 0.29) is 11.9 Å². The Balaban J connectivity index is 0.00000109. The molecule has 0 spiro atoms. The van der Waals surface area contributed by atoms with Crippen molar-refractivity contribution >= 4 is 33.4 Å². The van der Waals surface area contributed by atoms with Gasteiger partial charge in [-0.2, -0.15) is 0 Å². The zero-order valence-electron chi connectivity index (χ0n) is 16.5. The Hall–Kier alpha value is -2.61. The molecular weight excluding hydrogens is 377 g/mol. The second kappa shape index (κ2) is 8.60. The first-order valence-electron chi connectivity index (χ1n) is 9.45. The number of thiophene rings is 1. The Morgan fingerprint density at radius 1 is 1.29 bits per heavy atom. The molecule has 1 unspecified atom stereocenters. The fourth-order valence-corrected chi connectivity index (χ4v) is 3.82. The summed E-state index contributed by atoms with van der Waals surface area (Å²) in [6.07, 6.45) is 3.79. The van der Waals surface area contributed by atoms with Gasteiger partial charge in [-0.05, 0) is 42.8 Å². The lowest BCUT2D eigenvalue weighted by molar-refractivity contribution is 0.0648.